The third-order valence-corrected chi connectivity index (χ3v) is 15.8. The number of nitrogens with zero attached hydrogens (tertiary/aromatic N) is 2. The van der Waals surface area contributed by atoms with Gasteiger partial charge in [0.1, 0.15) is 0 Å². The first-order chi connectivity index (χ1) is 38.7. The fourth-order valence-corrected chi connectivity index (χ4v) is 12.5. The third kappa shape index (κ3) is 10.6. The molecule has 11 rings (SSSR count). The Labute approximate surface area is 474 Å². The molecular formula is C76H70N2S. The summed E-state index contributed by atoms with van der Waals surface area (Å²) in [5.74, 6) is 0. The SMILES string of the molecule is C=C/C=C\C(=C/C)c1ccc(N(c2ccc(-c3cccc4c3Sc3c(n(C(/C=C\C)=C/C)c5ccccc35)/C=C\C4=C)cc2)c2ccc3c(c2)C(c2ccccc2)(c2ccccc2)c2ccccc2-3)cc1.C=CC=C(C)C.CC. The summed E-state index contributed by atoms with van der Waals surface area (Å²) in [6, 6.07) is 71.6. The quantitative estimate of drug-likeness (QED) is 0.113. The van der Waals surface area contributed by atoms with Crippen LogP contribution in [0.4, 0.5) is 17.1 Å². The number of hydrogen-bond acceptors (Lipinski definition) is 2. The highest BCUT2D eigenvalue weighted by atomic mass is 32.2. The standard InChI is InChI=1S/C68H54N2S.C6H10.C2H6/c1-6-10-23-48(8-3)49-35-39-54(40-36-49)69(56-43-44-60-59-28-17-19-32-62(59)68(63(60)46-56,51-24-13-11-14-25-51)52-26-15-12-16-27-52)55-41-37-50(38-42-55)58-31-21-30-57-47(5)34-45-65-67(71-66(57)58)61-29-18-20-33-64(61)70(65)53(9-4)22-7-2;1-4-5-6(2)3;1-2/h6-46H,1,5H2,2-4H3;4-5H,1H2,2-3H3;1-2H3/b22-7-,23-10-,45-34-,48-8+,53-9+;;. The number of fused-ring (bicyclic) bond motifs is 7. The van der Waals surface area contributed by atoms with Gasteiger partial charge in [0.15, 0.2) is 0 Å². The van der Waals surface area contributed by atoms with E-state index in [1.54, 1.807) is 6.08 Å². The lowest BCUT2D eigenvalue weighted by Gasteiger charge is -2.35. The molecule has 8 aromatic carbocycles. The van der Waals surface area contributed by atoms with Crippen molar-refractivity contribution in [2.75, 3.05) is 4.90 Å². The van der Waals surface area contributed by atoms with Crippen molar-refractivity contribution in [3.05, 3.63) is 319 Å². The average molecular weight is 1040 g/mol. The van der Waals surface area contributed by atoms with Gasteiger partial charge in [-0.1, -0.05) is 257 Å². The Morgan fingerprint density at radius 2 is 1.14 bits per heavy atom. The molecule has 0 radical (unpaired) electrons. The maximum atomic E-state index is 4.62. The van der Waals surface area contributed by atoms with Crippen molar-refractivity contribution >= 4 is 62.6 Å². The molecule has 0 unspecified atom stereocenters. The van der Waals surface area contributed by atoms with Crippen molar-refractivity contribution < 1.29 is 0 Å². The van der Waals surface area contributed by atoms with Crippen molar-refractivity contribution in [3.63, 3.8) is 0 Å². The summed E-state index contributed by atoms with van der Waals surface area (Å²) >= 11 is 1.85. The number of aromatic nitrogens is 1. The topological polar surface area (TPSA) is 8.17 Å². The van der Waals surface area contributed by atoms with E-state index in [1.807, 2.05) is 57.7 Å². The van der Waals surface area contributed by atoms with Crippen molar-refractivity contribution in [1.82, 2.24) is 4.57 Å². The second-order valence-electron chi connectivity index (χ2n) is 19.4. The van der Waals surface area contributed by atoms with Crippen LogP contribution in [-0.4, -0.2) is 4.57 Å². The van der Waals surface area contributed by atoms with E-state index in [1.165, 1.54) is 65.2 Å². The van der Waals surface area contributed by atoms with Gasteiger partial charge in [-0.3, -0.25) is 0 Å². The summed E-state index contributed by atoms with van der Waals surface area (Å²) in [6.45, 7) is 26.4. The van der Waals surface area contributed by atoms with Crippen LogP contribution in [-0.2, 0) is 5.41 Å². The van der Waals surface area contributed by atoms with Gasteiger partial charge in [0.2, 0.25) is 0 Å². The number of benzene rings is 8. The first-order valence-corrected chi connectivity index (χ1v) is 28.3. The molecule has 9 aromatic rings. The van der Waals surface area contributed by atoms with Crippen molar-refractivity contribution in [2.24, 2.45) is 0 Å². The zero-order chi connectivity index (χ0) is 55.5. The third-order valence-electron chi connectivity index (χ3n) is 14.5. The lowest BCUT2D eigenvalue weighted by molar-refractivity contribution is 0.768. The minimum Gasteiger partial charge on any atom is -0.310 e. The van der Waals surface area contributed by atoms with Gasteiger partial charge in [0, 0.05) is 37.9 Å². The molecule has 0 amide bonds. The van der Waals surface area contributed by atoms with Crippen LogP contribution >= 0.6 is 11.8 Å². The molecule has 0 saturated heterocycles. The predicted octanol–water partition coefficient (Wildman–Crippen LogP) is 22.1. The van der Waals surface area contributed by atoms with E-state index in [-0.39, 0.29) is 0 Å². The molecular weight excluding hydrogens is 973 g/mol. The fourth-order valence-electron chi connectivity index (χ4n) is 11.1. The van der Waals surface area contributed by atoms with Gasteiger partial charge >= 0.3 is 0 Å². The monoisotopic (exact) mass is 1040 g/mol. The van der Waals surface area contributed by atoms with E-state index >= 15 is 0 Å². The van der Waals surface area contributed by atoms with Gasteiger partial charge in [-0.25, -0.2) is 0 Å². The lowest BCUT2D eigenvalue weighted by atomic mass is 9.67. The Morgan fingerprint density at radius 1 is 0.544 bits per heavy atom. The van der Waals surface area contributed by atoms with Gasteiger partial charge in [-0.15, -0.1) is 0 Å². The summed E-state index contributed by atoms with van der Waals surface area (Å²) < 4.78 is 2.38. The molecule has 2 aliphatic rings. The van der Waals surface area contributed by atoms with Crippen LogP contribution < -0.4 is 4.90 Å². The largest absolute Gasteiger partial charge is 0.310 e. The van der Waals surface area contributed by atoms with Crippen LogP contribution in [0.2, 0.25) is 0 Å². The number of anilines is 3. The smallest absolute Gasteiger partial charge is 0.0714 e. The summed E-state index contributed by atoms with van der Waals surface area (Å²) in [5, 5.41) is 1.23. The minimum absolute atomic E-state index is 0.531. The zero-order valence-electron chi connectivity index (χ0n) is 46.8. The number of hydrogen-bond donors (Lipinski definition) is 0. The van der Waals surface area contributed by atoms with E-state index in [0.29, 0.717) is 0 Å². The van der Waals surface area contributed by atoms with Crippen LogP contribution in [0.15, 0.2) is 290 Å². The molecule has 0 atom stereocenters. The Balaban J connectivity index is 0.000000888. The number of rotatable bonds is 12. The highest BCUT2D eigenvalue weighted by molar-refractivity contribution is 7.99. The van der Waals surface area contributed by atoms with Crippen molar-refractivity contribution in [3.8, 4) is 22.3 Å². The molecule has 2 heterocycles. The summed E-state index contributed by atoms with van der Waals surface area (Å²) in [4.78, 5) is 4.84. The van der Waals surface area contributed by atoms with E-state index < -0.39 is 5.41 Å². The number of allylic oxidation sites excluding steroid dienone is 14. The molecule has 79 heavy (non-hydrogen) atoms. The molecule has 3 heteroatoms. The highest BCUT2D eigenvalue weighted by Gasteiger charge is 2.46. The molecule has 0 bridgehead atoms. The molecule has 0 N–H and O–H groups in total. The van der Waals surface area contributed by atoms with Gasteiger partial charge in [-0.2, -0.15) is 0 Å². The van der Waals surface area contributed by atoms with Crippen LogP contribution in [0, 0.1) is 0 Å². The van der Waals surface area contributed by atoms with Crippen LogP contribution in [0.25, 0.3) is 56.1 Å². The van der Waals surface area contributed by atoms with Gasteiger partial charge in [0.05, 0.1) is 16.6 Å². The summed E-state index contributed by atoms with van der Waals surface area (Å²) in [7, 11) is 0. The molecule has 0 fully saturated rings. The molecule has 1 aromatic heterocycles. The van der Waals surface area contributed by atoms with E-state index in [2.05, 4.69) is 287 Å². The van der Waals surface area contributed by atoms with E-state index in [9.17, 15) is 0 Å². The Kier molecular flexibility index (Phi) is 17.4. The predicted molar refractivity (Wildman–Crippen MR) is 347 cm³/mol. The molecule has 390 valence electrons. The van der Waals surface area contributed by atoms with Gasteiger partial charge in [0.25, 0.3) is 0 Å². The average Bonchev–Trinajstić information content (AvgIpc) is 3.44. The second-order valence-corrected chi connectivity index (χ2v) is 20.4. The minimum atomic E-state index is -0.531. The molecule has 1 aliphatic heterocycles. The van der Waals surface area contributed by atoms with Crippen LogP contribution in [0.3, 0.4) is 0 Å². The summed E-state index contributed by atoms with van der Waals surface area (Å²) in [5.41, 5.74) is 21.7. The van der Waals surface area contributed by atoms with E-state index in [4.69, 9.17) is 0 Å². The van der Waals surface area contributed by atoms with Gasteiger partial charge in [-0.05, 0) is 156 Å². The lowest BCUT2D eigenvalue weighted by Crippen LogP contribution is -2.28. The molecule has 0 spiro atoms. The van der Waals surface area contributed by atoms with Gasteiger partial charge < -0.3 is 9.47 Å². The second kappa shape index (κ2) is 25.1. The summed E-state index contributed by atoms with van der Waals surface area (Å²) in [6.07, 6.45) is 22.7. The van der Waals surface area contributed by atoms with E-state index in [0.717, 1.165) is 56.3 Å². The molecule has 2 nitrogen and oxygen atoms in total. The first kappa shape index (κ1) is 54.9. The maximum Gasteiger partial charge on any atom is 0.0714 e. The van der Waals surface area contributed by atoms with Crippen molar-refractivity contribution in [1.29, 1.82) is 0 Å². The molecule has 0 saturated carbocycles. The first-order valence-electron chi connectivity index (χ1n) is 27.4. The molecule has 1 aliphatic carbocycles. The van der Waals surface area contributed by atoms with Crippen LogP contribution in [0.1, 0.15) is 87.5 Å². The number of para-hydroxylation sites is 1. The van der Waals surface area contributed by atoms with Crippen molar-refractivity contribution in [2.45, 2.75) is 63.7 Å². The van der Waals surface area contributed by atoms with Crippen LogP contribution in [0.5, 0.6) is 0 Å². The normalized spacial score (nSPS) is 13.6. The zero-order valence-corrected chi connectivity index (χ0v) is 47.6. The Morgan fingerprint density at radius 3 is 1.76 bits per heavy atom. The fraction of sp³-hybridized carbons (Fsp3) is 0.105. The maximum absolute atomic E-state index is 4.62. The highest BCUT2D eigenvalue weighted by Crippen LogP contribution is 2.57. The Bertz CT molecular complexity index is 3810. The Hall–Kier alpha value is -8.89.